The topological polar surface area (TPSA) is 38.7 Å². The second kappa shape index (κ2) is 2.68. The molecule has 0 fully saturated rings. The highest BCUT2D eigenvalue weighted by molar-refractivity contribution is 6.33. The van der Waals surface area contributed by atoms with Crippen LogP contribution in [0.3, 0.4) is 0 Å². The number of hydrogen-bond donors (Lipinski definition) is 0. The summed E-state index contributed by atoms with van der Waals surface area (Å²) in [6, 6.07) is 3.77. The molecule has 0 spiro atoms. The van der Waals surface area contributed by atoms with Gasteiger partial charge in [0.25, 0.3) is 0 Å². The summed E-state index contributed by atoms with van der Waals surface area (Å²) in [5.41, 5.74) is 2.36. The highest BCUT2D eigenvalue weighted by Crippen LogP contribution is 2.16. The van der Waals surface area contributed by atoms with Crippen LogP contribution in [0.15, 0.2) is 18.5 Å². The zero-order valence-electron chi connectivity index (χ0n) is 6.45. The zero-order valence-corrected chi connectivity index (χ0v) is 7.21. The van der Waals surface area contributed by atoms with Gasteiger partial charge in [-0.15, -0.1) is 0 Å². The Morgan fingerprint density at radius 2 is 2.08 bits per heavy atom. The van der Waals surface area contributed by atoms with Gasteiger partial charge in [0, 0.05) is 5.69 Å². The van der Waals surface area contributed by atoms with Gasteiger partial charge in [-0.3, -0.25) is 0 Å². The zero-order chi connectivity index (χ0) is 8.55. The molecule has 2 aromatic heterocycles. The molecule has 2 rings (SSSR count). The molecule has 0 aliphatic rings. The second-order valence-corrected chi connectivity index (χ2v) is 2.84. The predicted octanol–water partition coefficient (Wildman–Crippen LogP) is 1.99. The summed E-state index contributed by atoms with van der Waals surface area (Å²) >= 11 is 5.82. The fourth-order valence-corrected chi connectivity index (χ4v) is 1.19. The Kier molecular flexibility index (Phi) is 1.66. The van der Waals surface area contributed by atoms with Gasteiger partial charge in [-0.1, -0.05) is 11.6 Å². The van der Waals surface area contributed by atoms with E-state index < -0.39 is 0 Å². The van der Waals surface area contributed by atoms with Gasteiger partial charge >= 0.3 is 0 Å². The second-order valence-electron chi connectivity index (χ2n) is 2.48. The average Bonchev–Trinajstić information content (AvgIpc) is 2.07. The number of rotatable bonds is 0. The molecule has 0 aliphatic carbocycles. The van der Waals surface area contributed by atoms with Crippen LogP contribution in [0.1, 0.15) is 5.69 Å². The van der Waals surface area contributed by atoms with Crippen LogP contribution in [0, 0.1) is 6.92 Å². The van der Waals surface area contributed by atoms with E-state index in [1.165, 1.54) is 6.33 Å². The highest BCUT2D eigenvalue weighted by atomic mass is 35.5. The first kappa shape index (κ1) is 7.43. The van der Waals surface area contributed by atoms with Crippen LogP contribution in [0.4, 0.5) is 0 Å². The first-order valence-electron chi connectivity index (χ1n) is 3.51. The maximum absolute atomic E-state index is 5.82. The number of pyridine rings is 1. The maximum Gasteiger partial charge on any atom is 0.158 e. The standard InChI is InChI=1S/C8H6ClN3/c1-5-2-3-6-7(12-5)8(9)11-4-10-6/h2-4H,1H3. The summed E-state index contributed by atoms with van der Waals surface area (Å²) in [6.07, 6.45) is 1.43. The van der Waals surface area contributed by atoms with E-state index >= 15 is 0 Å². The van der Waals surface area contributed by atoms with Crippen molar-refractivity contribution >= 4 is 22.6 Å². The van der Waals surface area contributed by atoms with Crippen molar-refractivity contribution in [1.29, 1.82) is 0 Å². The number of halogens is 1. The van der Waals surface area contributed by atoms with E-state index in [4.69, 9.17) is 11.6 Å². The minimum atomic E-state index is 0.406. The summed E-state index contributed by atoms with van der Waals surface area (Å²) in [6.45, 7) is 1.91. The first-order valence-corrected chi connectivity index (χ1v) is 3.89. The molecule has 2 aromatic rings. The molecular weight excluding hydrogens is 174 g/mol. The Balaban J connectivity index is 2.88. The van der Waals surface area contributed by atoms with Gasteiger partial charge in [0.15, 0.2) is 5.15 Å². The summed E-state index contributed by atoms with van der Waals surface area (Å²) < 4.78 is 0. The van der Waals surface area contributed by atoms with E-state index in [2.05, 4.69) is 15.0 Å². The highest BCUT2D eigenvalue weighted by Gasteiger charge is 2.01. The van der Waals surface area contributed by atoms with Gasteiger partial charge < -0.3 is 0 Å². The van der Waals surface area contributed by atoms with E-state index in [1.807, 2.05) is 19.1 Å². The summed E-state index contributed by atoms with van der Waals surface area (Å²) in [5, 5.41) is 0.406. The van der Waals surface area contributed by atoms with E-state index in [-0.39, 0.29) is 0 Å². The predicted molar refractivity (Wildman–Crippen MR) is 47.1 cm³/mol. The van der Waals surface area contributed by atoms with Crippen molar-refractivity contribution in [2.75, 3.05) is 0 Å². The van der Waals surface area contributed by atoms with Gasteiger partial charge in [0.1, 0.15) is 11.8 Å². The van der Waals surface area contributed by atoms with Crippen LogP contribution in [0.2, 0.25) is 5.15 Å². The van der Waals surface area contributed by atoms with Crippen molar-refractivity contribution < 1.29 is 0 Å². The van der Waals surface area contributed by atoms with Gasteiger partial charge in [-0.25, -0.2) is 15.0 Å². The smallest absolute Gasteiger partial charge is 0.158 e. The molecule has 0 N–H and O–H groups in total. The van der Waals surface area contributed by atoms with E-state index in [9.17, 15) is 0 Å². The Bertz CT molecular complexity index is 428. The van der Waals surface area contributed by atoms with Crippen molar-refractivity contribution in [2.24, 2.45) is 0 Å². The van der Waals surface area contributed by atoms with Crippen LogP contribution in [-0.2, 0) is 0 Å². The van der Waals surface area contributed by atoms with Gasteiger partial charge in [-0.2, -0.15) is 0 Å². The molecule has 2 heterocycles. The third-order valence-electron chi connectivity index (χ3n) is 1.58. The summed E-state index contributed by atoms with van der Waals surface area (Å²) in [5.74, 6) is 0. The van der Waals surface area contributed by atoms with Crippen LogP contribution in [0.5, 0.6) is 0 Å². The lowest BCUT2D eigenvalue weighted by atomic mass is 10.3. The first-order chi connectivity index (χ1) is 5.77. The Morgan fingerprint density at radius 3 is 2.92 bits per heavy atom. The van der Waals surface area contributed by atoms with Crippen molar-refractivity contribution in [3.8, 4) is 0 Å². The average molecular weight is 180 g/mol. The van der Waals surface area contributed by atoms with E-state index in [1.54, 1.807) is 0 Å². The number of nitrogens with zero attached hydrogens (tertiary/aromatic N) is 3. The molecule has 0 unspecified atom stereocenters. The number of aryl methyl sites for hydroxylation is 1. The molecule has 0 amide bonds. The monoisotopic (exact) mass is 179 g/mol. The lowest BCUT2D eigenvalue weighted by Gasteiger charge is -1.97. The molecule has 0 atom stereocenters. The molecule has 4 heteroatoms. The van der Waals surface area contributed by atoms with Crippen molar-refractivity contribution in [3.05, 3.63) is 29.3 Å². The van der Waals surface area contributed by atoms with Crippen molar-refractivity contribution in [3.63, 3.8) is 0 Å². The number of fused-ring (bicyclic) bond motifs is 1. The van der Waals surface area contributed by atoms with E-state index in [0.717, 1.165) is 11.2 Å². The Labute approximate surface area is 74.4 Å². The molecule has 0 bridgehead atoms. The van der Waals surface area contributed by atoms with Crippen LogP contribution >= 0.6 is 11.6 Å². The fraction of sp³-hybridized carbons (Fsp3) is 0.125. The lowest BCUT2D eigenvalue weighted by molar-refractivity contribution is 1.17. The van der Waals surface area contributed by atoms with Gasteiger partial charge in [-0.05, 0) is 19.1 Å². The quantitative estimate of drug-likeness (QED) is 0.581. The molecule has 60 valence electrons. The van der Waals surface area contributed by atoms with Crippen LogP contribution in [0.25, 0.3) is 11.0 Å². The SMILES string of the molecule is Cc1ccc2ncnc(Cl)c2n1. The molecule has 0 radical (unpaired) electrons. The molecule has 12 heavy (non-hydrogen) atoms. The van der Waals surface area contributed by atoms with Gasteiger partial charge in [0.2, 0.25) is 0 Å². The maximum atomic E-state index is 5.82. The van der Waals surface area contributed by atoms with Crippen molar-refractivity contribution in [2.45, 2.75) is 6.92 Å². The molecule has 0 saturated carbocycles. The largest absolute Gasteiger partial charge is 0.248 e. The molecular formula is C8H6ClN3. The normalized spacial score (nSPS) is 10.5. The minimum absolute atomic E-state index is 0.406. The third kappa shape index (κ3) is 1.12. The summed E-state index contributed by atoms with van der Waals surface area (Å²) in [7, 11) is 0. The summed E-state index contributed by atoms with van der Waals surface area (Å²) in [4.78, 5) is 12.1. The Hall–Kier alpha value is -1.22. The number of hydrogen-bond acceptors (Lipinski definition) is 3. The lowest BCUT2D eigenvalue weighted by Crippen LogP contribution is -1.88. The van der Waals surface area contributed by atoms with Crippen LogP contribution < -0.4 is 0 Å². The molecule has 0 aromatic carbocycles. The minimum Gasteiger partial charge on any atom is -0.248 e. The van der Waals surface area contributed by atoms with Crippen molar-refractivity contribution in [1.82, 2.24) is 15.0 Å². The molecule has 0 aliphatic heterocycles. The molecule has 3 nitrogen and oxygen atoms in total. The molecule has 0 saturated heterocycles. The number of aromatic nitrogens is 3. The third-order valence-corrected chi connectivity index (χ3v) is 1.85. The van der Waals surface area contributed by atoms with Gasteiger partial charge in [0.05, 0.1) is 5.52 Å². The fourth-order valence-electron chi connectivity index (χ4n) is 1.01. The van der Waals surface area contributed by atoms with E-state index in [0.29, 0.717) is 10.7 Å². The van der Waals surface area contributed by atoms with Crippen LogP contribution in [-0.4, -0.2) is 15.0 Å². The Morgan fingerprint density at radius 1 is 1.25 bits per heavy atom.